The van der Waals surface area contributed by atoms with Crippen LogP contribution in [0, 0.1) is 0 Å². The first-order valence-electron chi connectivity index (χ1n) is 17.2. The van der Waals surface area contributed by atoms with Gasteiger partial charge in [0.2, 0.25) is 0 Å². The molecule has 0 aliphatic carbocycles. The topological polar surface area (TPSA) is 161 Å². The van der Waals surface area contributed by atoms with Crippen LogP contribution >= 0.6 is 0 Å². The lowest BCUT2D eigenvalue weighted by molar-refractivity contribution is -0.0168. The van der Waals surface area contributed by atoms with Crippen molar-refractivity contribution in [3.63, 3.8) is 0 Å². The molecule has 16 nitrogen and oxygen atoms in total. The number of carbonyl (C=O) groups is 1. The van der Waals surface area contributed by atoms with Crippen LogP contribution in [0.25, 0.3) is 0 Å². The first kappa shape index (κ1) is 47.2. The van der Waals surface area contributed by atoms with Gasteiger partial charge in [-0.15, -0.1) is 0 Å². The van der Waals surface area contributed by atoms with Crippen LogP contribution in [0.1, 0.15) is 27.2 Å². The molecule has 0 aliphatic heterocycles. The van der Waals surface area contributed by atoms with E-state index in [2.05, 4.69) is 10.6 Å². The van der Waals surface area contributed by atoms with Gasteiger partial charge in [-0.2, -0.15) is 0 Å². The van der Waals surface area contributed by atoms with Gasteiger partial charge in [0.1, 0.15) is 31.3 Å². The predicted molar refractivity (Wildman–Crippen MR) is 182 cm³/mol. The van der Waals surface area contributed by atoms with Gasteiger partial charge in [0, 0.05) is 20.2 Å². The SMILES string of the molecule is COCCOCCOCCOCCOCCOCCO/C=C/OCCOCCOCCOCCOCCNCCCNC(=O)OC(C)(C)C. The van der Waals surface area contributed by atoms with E-state index in [4.69, 9.17) is 61.6 Å². The van der Waals surface area contributed by atoms with Crippen molar-refractivity contribution in [2.24, 2.45) is 0 Å². The Morgan fingerprint density at radius 3 is 1.18 bits per heavy atom. The molecule has 0 radical (unpaired) electrons. The molecule has 0 rings (SSSR count). The third kappa shape index (κ3) is 44.1. The van der Waals surface area contributed by atoms with Gasteiger partial charge in [-0.3, -0.25) is 0 Å². The summed E-state index contributed by atoms with van der Waals surface area (Å²) in [6.07, 6.45) is 3.39. The van der Waals surface area contributed by atoms with E-state index in [1.54, 1.807) is 7.11 Å². The Morgan fingerprint density at radius 2 is 0.816 bits per heavy atom. The van der Waals surface area contributed by atoms with E-state index in [1.807, 2.05) is 20.8 Å². The number of methoxy groups -OCH3 is 1. The number of alkyl carbamates (subject to hydrolysis) is 1. The van der Waals surface area contributed by atoms with E-state index in [-0.39, 0.29) is 0 Å². The lowest BCUT2D eigenvalue weighted by Gasteiger charge is -2.19. The van der Waals surface area contributed by atoms with E-state index < -0.39 is 11.7 Å². The van der Waals surface area contributed by atoms with Crippen LogP contribution in [-0.4, -0.2) is 177 Å². The highest BCUT2D eigenvalue weighted by molar-refractivity contribution is 5.67. The van der Waals surface area contributed by atoms with Crippen molar-refractivity contribution in [3.8, 4) is 0 Å². The fourth-order valence-corrected chi connectivity index (χ4v) is 3.30. The molecular weight excluding hydrogens is 648 g/mol. The Bertz CT molecular complexity index is 701. The molecule has 0 aromatic heterocycles. The quantitative estimate of drug-likeness (QED) is 0.0700. The van der Waals surface area contributed by atoms with Gasteiger partial charge in [0.25, 0.3) is 0 Å². The summed E-state index contributed by atoms with van der Waals surface area (Å²) in [5.74, 6) is 0. The standard InChI is InChI=1S/C33H66N2O14/c1-33(2,3)49-32(36)35-7-5-6-34-8-9-38-12-13-40-16-17-42-20-21-44-24-25-46-28-29-48-31-30-47-27-26-45-23-22-43-19-18-41-15-14-39-11-10-37-4/h28-29,34H,5-27,30-31H2,1-4H3,(H,35,36)/b29-28+. The summed E-state index contributed by atoms with van der Waals surface area (Å²) in [6, 6.07) is 0. The first-order chi connectivity index (χ1) is 24.0. The van der Waals surface area contributed by atoms with Crippen molar-refractivity contribution in [1.29, 1.82) is 0 Å². The van der Waals surface area contributed by atoms with Gasteiger partial charge in [0.15, 0.2) is 0 Å². The summed E-state index contributed by atoms with van der Waals surface area (Å²) in [5, 5.41) is 5.99. The molecule has 0 unspecified atom stereocenters. The Hall–Kier alpha value is -1.83. The molecule has 0 fully saturated rings. The molecule has 1 amide bonds. The number of nitrogens with one attached hydrogen (secondary N) is 2. The minimum atomic E-state index is -0.481. The van der Waals surface area contributed by atoms with Crippen LogP contribution in [0.3, 0.4) is 0 Å². The van der Waals surface area contributed by atoms with Gasteiger partial charge in [-0.25, -0.2) is 4.79 Å². The van der Waals surface area contributed by atoms with E-state index in [0.29, 0.717) is 145 Å². The largest absolute Gasteiger partial charge is 0.496 e. The van der Waals surface area contributed by atoms with Gasteiger partial charge in [-0.1, -0.05) is 0 Å². The van der Waals surface area contributed by atoms with E-state index >= 15 is 0 Å². The number of amides is 1. The number of hydrogen-bond donors (Lipinski definition) is 2. The van der Waals surface area contributed by atoms with Crippen LogP contribution in [0.15, 0.2) is 12.5 Å². The first-order valence-corrected chi connectivity index (χ1v) is 17.2. The average Bonchev–Trinajstić information content (AvgIpc) is 3.06. The predicted octanol–water partition coefficient (Wildman–Crippen LogP) is 1.79. The van der Waals surface area contributed by atoms with Crippen molar-refractivity contribution in [2.75, 3.05) is 165 Å². The third-order valence-corrected chi connectivity index (χ3v) is 5.60. The summed E-state index contributed by atoms with van der Waals surface area (Å²) in [7, 11) is 1.64. The number of carbonyl (C=O) groups excluding carboxylic acids is 1. The second-order valence-electron chi connectivity index (χ2n) is 11.1. The normalized spacial score (nSPS) is 11.8. The molecule has 0 saturated heterocycles. The Kier molecular flexibility index (Phi) is 37.5. The maximum Gasteiger partial charge on any atom is 0.407 e. The summed E-state index contributed by atoms with van der Waals surface area (Å²) >= 11 is 0. The molecule has 0 saturated carbocycles. The van der Waals surface area contributed by atoms with Crippen molar-refractivity contribution in [3.05, 3.63) is 12.5 Å². The molecule has 0 aromatic carbocycles. The van der Waals surface area contributed by atoms with Gasteiger partial charge < -0.3 is 72.2 Å². The minimum absolute atomic E-state index is 0.390. The fourth-order valence-electron chi connectivity index (χ4n) is 3.30. The van der Waals surface area contributed by atoms with Gasteiger partial charge >= 0.3 is 6.09 Å². The van der Waals surface area contributed by atoms with Gasteiger partial charge in [0.05, 0.1) is 126 Å². The van der Waals surface area contributed by atoms with Crippen LogP contribution in [0.5, 0.6) is 0 Å². The van der Waals surface area contributed by atoms with Crippen molar-refractivity contribution in [1.82, 2.24) is 10.6 Å². The molecule has 0 aliphatic rings. The molecule has 0 atom stereocenters. The summed E-state index contributed by atoms with van der Waals surface area (Å²) < 4.78 is 69.6. The van der Waals surface area contributed by atoms with Crippen molar-refractivity contribution < 1.29 is 66.4 Å². The highest BCUT2D eigenvalue weighted by atomic mass is 16.6. The summed E-state index contributed by atoms with van der Waals surface area (Å²) in [5.41, 5.74) is -0.481. The molecule has 2 N–H and O–H groups in total. The lowest BCUT2D eigenvalue weighted by atomic mass is 10.2. The third-order valence-electron chi connectivity index (χ3n) is 5.60. The van der Waals surface area contributed by atoms with Gasteiger partial charge in [-0.05, 0) is 33.7 Å². The average molecular weight is 715 g/mol. The lowest BCUT2D eigenvalue weighted by Crippen LogP contribution is -2.34. The fraction of sp³-hybridized carbons (Fsp3) is 0.909. The zero-order valence-corrected chi connectivity index (χ0v) is 30.5. The van der Waals surface area contributed by atoms with Crippen molar-refractivity contribution >= 4 is 6.09 Å². The van der Waals surface area contributed by atoms with Crippen LogP contribution < -0.4 is 10.6 Å². The second-order valence-corrected chi connectivity index (χ2v) is 11.1. The summed E-state index contributed by atoms with van der Waals surface area (Å²) in [6.45, 7) is 18.2. The van der Waals surface area contributed by atoms with E-state index in [1.165, 1.54) is 12.5 Å². The van der Waals surface area contributed by atoms with Crippen LogP contribution in [0.2, 0.25) is 0 Å². The second kappa shape index (κ2) is 39.0. The highest BCUT2D eigenvalue weighted by Crippen LogP contribution is 2.06. The maximum atomic E-state index is 11.5. The zero-order valence-electron chi connectivity index (χ0n) is 30.5. The number of hydrogen-bond acceptors (Lipinski definition) is 15. The van der Waals surface area contributed by atoms with E-state index in [9.17, 15) is 4.79 Å². The molecule has 16 heteroatoms. The molecular formula is C33H66N2O14. The monoisotopic (exact) mass is 714 g/mol. The molecule has 49 heavy (non-hydrogen) atoms. The Balaban J connectivity index is 3.14. The zero-order chi connectivity index (χ0) is 35.8. The molecule has 0 bridgehead atoms. The highest BCUT2D eigenvalue weighted by Gasteiger charge is 2.15. The maximum absolute atomic E-state index is 11.5. The molecule has 0 aromatic rings. The smallest absolute Gasteiger partial charge is 0.407 e. The summed E-state index contributed by atoms with van der Waals surface area (Å²) in [4.78, 5) is 11.5. The van der Waals surface area contributed by atoms with E-state index in [0.717, 1.165) is 19.5 Å². The van der Waals surface area contributed by atoms with Crippen LogP contribution in [0.4, 0.5) is 4.79 Å². The molecule has 292 valence electrons. The molecule has 0 spiro atoms. The number of ether oxygens (including phenoxy) is 13. The Morgan fingerprint density at radius 1 is 0.469 bits per heavy atom. The van der Waals surface area contributed by atoms with Crippen LogP contribution in [-0.2, 0) is 61.6 Å². The minimum Gasteiger partial charge on any atom is -0.496 e. The van der Waals surface area contributed by atoms with Crippen molar-refractivity contribution in [2.45, 2.75) is 32.8 Å². The number of rotatable bonds is 39. The Labute approximate surface area is 293 Å². The molecule has 0 heterocycles.